The van der Waals surface area contributed by atoms with E-state index in [9.17, 15) is 14.9 Å². The Morgan fingerprint density at radius 2 is 2.14 bits per heavy atom. The standard InChI is InChI=1S/C12H9BrCl2N4O3/c1-6-11(13)12(19(21)22)17-18(6)5-10(20)16-7-2-3-8(14)9(15)4-7/h2-4H,5H2,1H3,(H,16,20). The van der Waals surface area contributed by atoms with Crippen molar-refractivity contribution in [2.45, 2.75) is 13.5 Å². The molecule has 0 aliphatic heterocycles. The van der Waals surface area contributed by atoms with Crippen LogP contribution in [-0.2, 0) is 11.3 Å². The van der Waals surface area contributed by atoms with E-state index in [1.54, 1.807) is 19.1 Å². The Kier molecular flexibility index (Phi) is 5.05. The Morgan fingerprint density at radius 1 is 1.45 bits per heavy atom. The van der Waals surface area contributed by atoms with Crippen molar-refractivity contribution in [3.05, 3.63) is 48.5 Å². The fourth-order valence-corrected chi connectivity index (χ4v) is 2.42. The first-order chi connectivity index (χ1) is 10.3. The molecule has 10 heteroatoms. The van der Waals surface area contributed by atoms with Crippen LogP contribution in [0.15, 0.2) is 22.7 Å². The van der Waals surface area contributed by atoms with E-state index in [0.717, 1.165) is 0 Å². The number of amides is 1. The van der Waals surface area contributed by atoms with Crippen molar-refractivity contribution in [2.24, 2.45) is 0 Å². The molecule has 0 saturated carbocycles. The average Bonchev–Trinajstić information content (AvgIpc) is 2.71. The third-order valence-corrected chi connectivity index (χ3v) is 4.45. The summed E-state index contributed by atoms with van der Waals surface area (Å²) in [5.41, 5.74) is 0.953. The lowest BCUT2D eigenvalue weighted by molar-refractivity contribution is -0.390. The predicted octanol–water partition coefficient (Wildman–Crippen LogP) is 3.81. The Bertz CT molecular complexity index is 763. The van der Waals surface area contributed by atoms with E-state index in [1.807, 2.05) is 0 Å². The Morgan fingerprint density at radius 3 is 2.68 bits per heavy atom. The number of hydrogen-bond acceptors (Lipinski definition) is 4. The molecule has 0 saturated heterocycles. The minimum atomic E-state index is -0.621. The van der Waals surface area contributed by atoms with Crippen LogP contribution in [0, 0.1) is 17.0 Å². The van der Waals surface area contributed by atoms with Crippen LogP contribution in [0.3, 0.4) is 0 Å². The van der Waals surface area contributed by atoms with Gasteiger partial charge in [0.15, 0.2) is 0 Å². The van der Waals surface area contributed by atoms with Crippen molar-refractivity contribution in [2.75, 3.05) is 5.32 Å². The van der Waals surface area contributed by atoms with E-state index in [2.05, 4.69) is 26.3 Å². The van der Waals surface area contributed by atoms with E-state index in [0.29, 0.717) is 21.4 Å². The summed E-state index contributed by atoms with van der Waals surface area (Å²) in [6.07, 6.45) is 0. The number of hydrogen-bond donors (Lipinski definition) is 1. The highest BCUT2D eigenvalue weighted by Gasteiger charge is 2.24. The largest absolute Gasteiger partial charge is 0.404 e. The van der Waals surface area contributed by atoms with E-state index in [4.69, 9.17) is 23.2 Å². The molecule has 2 rings (SSSR count). The lowest BCUT2D eigenvalue weighted by atomic mass is 10.3. The number of nitrogens with one attached hydrogen (secondary N) is 1. The number of aromatic nitrogens is 2. The molecule has 2 aromatic rings. The quantitative estimate of drug-likeness (QED) is 0.616. The van der Waals surface area contributed by atoms with Gasteiger partial charge in [0, 0.05) is 5.69 Å². The summed E-state index contributed by atoms with van der Waals surface area (Å²) in [5, 5.41) is 17.9. The molecule has 22 heavy (non-hydrogen) atoms. The van der Waals surface area contributed by atoms with Gasteiger partial charge in [-0.05, 0) is 46.0 Å². The van der Waals surface area contributed by atoms with E-state index >= 15 is 0 Å². The van der Waals surface area contributed by atoms with E-state index < -0.39 is 10.8 Å². The highest BCUT2D eigenvalue weighted by Crippen LogP contribution is 2.27. The van der Waals surface area contributed by atoms with Gasteiger partial charge in [0.25, 0.3) is 0 Å². The molecule has 0 bridgehead atoms. The number of rotatable bonds is 4. The van der Waals surface area contributed by atoms with Crippen LogP contribution in [0.1, 0.15) is 5.69 Å². The smallest absolute Gasteiger partial charge is 0.358 e. The van der Waals surface area contributed by atoms with Gasteiger partial charge in [-0.1, -0.05) is 23.2 Å². The third-order valence-electron chi connectivity index (χ3n) is 2.79. The van der Waals surface area contributed by atoms with Crippen LogP contribution in [0.4, 0.5) is 11.5 Å². The SMILES string of the molecule is Cc1c(Br)c([N+](=O)[O-])nn1CC(=O)Nc1ccc(Cl)c(Cl)c1. The first kappa shape index (κ1) is 16.7. The zero-order valence-electron chi connectivity index (χ0n) is 11.1. The number of nitrogens with zero attached hydrogens (tertiary/aromatic N) is 3. The Hall–Kier alpha value is -1.64. The summed E-state index contributed by atoms with van der Waals surface area (Å²) < 4.78 is 1.49. The van der Waals surface area contributed by atoms with Crippen LogP contribution in [0.25, 0.3) is 0 Å². The van der Waals surface area contributed by atoms with E-state index in [-0.39, 0.29) is 16.8 Å². The molecule has 0 atom stereocenters. The maximum Gasteiger partial charge on any atom is 0.404 e. The zero-order valence-corrected chi connectivity index (χ0v) is 14.2. The molecule has 1 N–H and O–H groups in total. The molecule has 1 aromatic carbocycles. The second-order valence-electron chi connectivity index (χ2n) is 4.31. The highest BCUT2D eigenvalue weighted by molar-refractivity contribution is 9.10. The number of nitro groups is 1. The van der Waals surface area contributed by atoms with Crippen molar-refractivity contribution in [3.63, 3.8) is 0 Å². The van der Waals surface area contributed by atoms with Crippen LogP contribution >= 0.6 is 39.1 Å². The summed E-state index contributed by atoms with van der Waals surface area (Å²) in [7, 11) is 0. The predicted molar refractivity (Wildman–Crippen MR) is 86.4 cm³/mol. The molecule has 0 unspecified atom stereocenters. The topological polar surface area (TPSA) is 90.1 Å². The first-order valence-electron chi connectivity index (χ1n) is 5.91. The van der Waals surface area contributed by atoms with Crippen LogP contribution in [0.2, 0.25) is 10.0 Å². The van der Waals surface area contributed by atoms with Crippen molar-refractivity contribution in [1.82, 2.24) is 9.78 Å². The van der Waals surface area contributed by atoms with Crippen LogP contribution in [0.5, 0.6) is 0 Å². The summed E-state index contributed by atoms with van der Waals surface area (Å²) in [6.45, 7) is 1.45. The van der Waals surface area contributed by atoms with Gasteiger partial charge in [-0.2, -0.15) is 4.68 Å². The average molecular weight is 408 g/mol. The molecule has 0 spiro atoms. The van der Waals surface area contributed by atoms with Crippen LogP contribution in [-0.4, -0.2) is 20.6 Å². The molecule has 1 amide bonds. The number of anilines is 1. The van der Waals surface area contributed by atoms with Crippen molar-refractivity contribution >= 4 is 56.5 Å². The molecular weight excluding hydrogens is 399 g/mol. The molecule has 0 aliphatic carbocycles. The van der Waals surface area contributed by atoms with Gasteiger partial charge >= 0.3 is 5.82 Å². The molecule has 1 aromatic heterocycles. The van der Waals surface area contributed by atoms with Gasteiger partial charge in [0.2, 0.25) is 5.91 Å². The number of carbonyl (C=O) groups excluding carboxylic acids is 1. The van der Waals surface area contributed by atoms with Gasteiger partial charge in [0.1, 0.15) is 11.0 Å². The molecular formula is C12H9BrCl2N4O3. The van der Waals surface area contributed by atoms with E-state index in [1.165, 1.54) is 10.7 Å². The normalized spacial score (nSPS) is 10.5. The Balaban J connectivity index is 2.14. The molecule has 7 nitrogen and oxygen atoms in total. The van der Waals surface area contributed by atoms with Crippen molar-refractivity contribution in [1.29, 1.82) is 0 Å². The number of halogens is 3. The minimum Gasteiger partial charge on any atom is -0.358 e. The summed E-state index contributed by atoms with van der Waals surface area (Å²) in [5.74, 6) is -0.730. The highest BCUT2D eigenvalue weighted by atomic mass is 79.9. The van der Waals surface area contributed by atoms with Gasteiger partial charge in [0.05, 0.1) is 20.8 Å². The Labute approximate surface area is 143 Å². The molecule has 0 aliphatic rings. The van der Waals surface area contributed by atoms with Gasteiger partial charge < -0.3 is 15.4 Å². The molecule has 116 valence electrons. The van der Waals surface area contributed by atoms with Crippen molar-refractivity contribution in [3.8, 4) is 0 Å². The fourth-order valence-electron chi connectivity index (χ4n) is 1.69. The molecule has 0 radical (unpaired) electrons. The summed E-state index contributed by atoms with van der Waals surface area (Å²) in [6, 6.07) is 4.66. The van der Waals surface area contributed by atoms with Crippen molar-refractivity contribution < 1.29 is 9.72 Å². The number of benzene rings is 1. The lowest BCUT2D eigenvalue weighted by Crippen LogP contribution is -2.20. The minimum absolute atomic E-state index is 0.168. The maximum absolute atomic E-state index is 12.0. The second-order valence-corrected chi connectivity index (χ2v) is 5.92. The monoisotopic (exact) mass is 406 g/mol. The van der Waals surface area contributed by atoms with Gasteiger partial charge in [-0.3, -0.25) is 4.79 Å². The maximum atomic E-state index is 12.0. The molecule has 0 fully saturated rings. The van der Waals surface area contributed by atoms with Gasteiger partial charge in [-0.25, -0.2) is 0 Å². The molecule has 1 heterocycles. The first-order valence-corrected chi connectivity index (χ1v) is 7.46. The third kappa shape index (κ3) is 3.57. The lowest BCUT2D eigenvalue weighted by Gasteiger charge is -2.06. The second kappa shape index (κ2) is 6.64. The fraction of sp³-hybridized carbons (Fsp3) is 0.167. The summed E-state index contributed by atoms with van der Waals surface area (Å²) >= 11 is 14.7. The zero-order chi connectivity index (χ0) is 16.4. The summed E-state index contributed by atoms with van der Waals surface area (Å²) in [4.78, 5) is 22.2. The van der Waals surface area contributed by atoms with Crippen LogP contribution < -0.4 is 5.32 Å². The number of carbonyl (C=O) groups is 1. The van der Waals surface area contributed by atoms with Gasteiger partial charge in [-0.15, -0.1) is 0 Å².